The summed E-state index contributed by atoms with van der Waals surface area (Å²) in [4.78, 5) is 2.67. The number of nitrogens with zero attached hydrogens (tertiary/aromatic N) is 2. The maximum Gasteiger partial charge on any atom is 0.0807 e. The van der Waals surface area contributed by atoms with Crippen molar-refractivity contribution >= 4 is 22.9 Å². The van der Waals surface area contributed by atoms with E-state index in [9.17, 15) is 0 Å². The first-order valence-electron chi connectivity index (χ1n) is 6.36. The van der Waals surface area contributed by atoms with Gasteiger partial charge in [-0.2, -0.15) is 0 Å². The molecule has 3 nitrogen and oxygen atoms in total. The molecule has 0 aliphatic carbocycles. The molecule has 0 bridgehead atoms. The highest BCUT2D eigenvalue weighted by atomic mass is 32.1. The van der Waals surface area contributed by atoms with E-state index in [1.54, 1.807) is 0 Å². The van der Waals surface area contributed by atoms with Gasteiger partial charge in [0.2, 0.25) is 0 Å². The minimum Gasteiger partial charge on any atom is -0.305 e. The molecule has 1 N–H and O–H groups in total. The molecule has 2 heterocycles. The number of hydrogen-bond donors (Lipinski definition) is 1. The Balaban J connectivity index is 2.35. The van der Waals surface area contributed by atoms with Gasteiger partial charge in [-0.25, -0.2) is 0 Å². The minimum atomic E-state index is 0.261. The molecule has 0 aromatic carbocycles. The first-order chi connectivity index (χ1) is 8.77. The van der Waals surface area contributed by atoms with Gasteiger partial charge in [0.1, 0.15) is 0 Å². The van der Waals surface area contributed by atoms with E-state index < -0.39 is 0 Å². The summed E-state index contributed by atoms with van der Waals surface area (Å²) in [6.07, 6.45) is 2.12. The van der Waals surface area contributed by atoms with Crippen molar-refractivity contribution in [3.05, 3.63) is 32.5 Å². The quantitative estimate of drug-likeness (QED) is 0.879. The van der Waals surface area contributed by atoms with Crippen molar-refractivity contribution in [2.75, 3.05) is 6.54 Å². The predicted octanol–water partition coefficient (Wildman–Crippen LogP) is 3.56. The summed E-state index contributed by atoms with van der Waals surface area (Å²) in [5.74, 6) is 0. The third kappa shape index (κ3) is 2.79. The molecule has 0 radical (unpaired) electrons. The Morgan fingerprint density at radius 1 is 1.33 bits per heavy atom. The van der Waals surface area contributed by atoms with Crippen molar-refractivity contribution < 1.29 is 0 Å². The molecule has 0 saturated carbocycles. The van der Waals surface area contributed by atoms with E-state index in [-0.39, 0.29) is 6.04 Å². The van der Waals surface area contributed by atoms with Gasteiger partial charge in [0, 0.05) is 4.88 Å². The lowest BCUT2D eigenvalue weighted by molar-refractivity contribution is 0.637. The lowest BCUT2D eigenvalue weighted by atomic mass is 10.1. The zero-order valence-corrected chi connectivity index (χ0v) is 12.7. The zero-order chi connectivity index (χ0) is 13.0. The molecule has 0 fully saturated rings. The molecular weight excluding hydrogens is 262 g/mol. The van der Waals surface area contributed by atoms with E-state index in [1.807, 2.05) is 11.3 Å². The normalized spacial score (nSPS) is 12.8. The highest BCUT2D eigenvalue weighted by Gasteiger charge is 2.22. The lowest BCUT2D eigenvalue weighted by Crippen LogP contribution is -2.22. The number of aryl methyl sites for hydroxylation is 2. The maximum atomic E-state index is 4.28. The van der Waals surface area contributed by atoms with Crippen molar-refractivity contribution in [1.82, 2.24) is 14.9 Å². The summed E-state index contributed by atoms with van der Waals surface area (Å²) in [6.45, 7) is 7.45. The van der Waals surface area contributed by atoms with Crippen LogP contribution >= 0.6 is 22.9 Å². The molecule has 0 saturated heterocycles. The maximum absolute atomic E-state index is 4.28. The summed E-state index contributed by atoms with van der Waals surface area (Å²) in [5, 5.41) is 10.0. The molecule has 2 aromatic rings. The Morgan fingerprint density at radius 2 is 2.17 bits per heavy atom. The molecule has 0 aliphatic rings. The second kappa shape index (κ2) is 6.41. The van der Waals surface area contributed by atoms with Crippen LogP contribution in [0, 0.1) is 6.92 Å². The molecule has 0 aliphatic heterocycles. The van der Waals surface area contributed by atoms with Gasteiger partial charge in [-0.05, 0) is 48.4 Å². The second-order valence-corrected chi connectivity index (χ2v) is 6.03. The Bertz CT molecular complexity index is 490. The first-order valence-corrected chi connectivity index (χ1v) is 8.01. The van der Waals surface area contributed by atoms with E-state index in [1.165, 1.54) is 26.9 Å². The summed E-state index contributed by atoms with van der Waals surface area (Å²) in [5.41, 5.74) is 2.50. The van der Waals surface area contributed by atoms with Gasteiger partial charge in [0.05, 0.1) is 16.6 Å². The third-order valence-electron chi connectivity index (χ3n) is 2.91. The minimum absolute atomic E-state index is 0.261. The SMILES string of the molecule is CCCc1nnsc1C(NCC)c1sccc1C. The van der Waals surface area contributed by atoms with Crippen LogP contribution in [0.3, 0.4) is 0 Å². The third-order valence-corrected chi connectivity index (χ3v) is 4.82. The van der Waals surface area contributed by atoms with Crippen molar-refractivity contribution in [3.63, 3.8) is 0 Å². The molecule has 0 spiro atoms. The lowest BCUT2D eigenvalue weighted by Gasteiger charge is -2.16. The van der Waals surface area contributed by atoms with Crippen LogP contribution in [-0.2, 0) is 6.42 Å². The smallest absolute Gasteiger partial charge is 0.0807 e. The van der Waals surface area contributed by atoms with Gasteiger partial charge < -0.3 is 5.32 Å². The molecule has 1 unspecified atom stereocenters. The average Bonchev–Trinajstić information content (AvgIpc) is 2.96. The Kier molecular flexibility index (Phi) is 4.86. The second-order valence-electron chi connectivity index (χ2n) is 4.29. The van der Waals surface area contributed by atoms with Crippen LogP contribution in [0.5, 0.6) is 0 Å². The first kappa shape index (κ1) is 13.6. The van der Waals surface area contributed by atoms with Crippen molar-refractivity contribution in [1.29, 1.82) is 0 Å². The van der Waals surface area contributed by atoms with Crippen LogP contribution in [0.4, 0.5) is 0 Å². The molecule has 5 heteroatoms. The summed E-state index contributed by atoms with van der Waals surface area (Å²) < 4.78 is 4.14. The van der Waals surface area contributed by atoms with Crippen LogP contribution in [0.25, 0.3) is 0 Å². The average molecular weight is 281 g/mol. The predicted molar refractivity (Wildman–Crippen MR) is 78.5 cm³/mol. The number of aromatic nitrogens is 2. The zero-order valence-electron chi connectivity index (χ0n) is 11.1. The monoisotopic (exact) mass is 281 g/mol. The number of nitrogens with one attached hydrogen (secondary N) is 1. The van der Waals surface area contributed by atoms with Crippen molar-refractivity contribution in [3.8, 4) is 0 Å². The van der Waals surface area contributed by atoms with E-state index in [4.69, 9.17) is 0 Å². The van der Waals surface area contributed by atoms with Gasteiger partial charge >= 0.3 is 0 Å². The Labute approximate surface area is 116 Å². The Morgan fingerprint density at radius 3 is 2.78 bits per heavy atom. The van der Waals surface area contributed by atoms with Crippen LogP contribution < -0.4 is 5.32 Å². The largest absolute Gasteiger partial charge is 0.305 e. The number of thiophene rings is 1. The van der Waals surface area contributed by atoms with E-state index in [2.05, 4.69) is 47.1 Å². The fourth-order valence-corrected chi connectivity index (χ4v) is 3.90. The highest BCUT2D eigenvalue weighted by molar-refractivity contribution is 7.10. The van der Waals surface area contributed by atoms with Crippen LogP contribution in [0.2, 0.25) is 0 Å². The van der Waals surface area contributed by atoms with Crippen LogP contribution in [0.1, 0.15) is 47.3 Å². The fraction of sp³-hybridized carbons (Fsp3) is 0.538. The Hall–Kier alpha value is -0.780. The molecular formula is C13H19N3S2. The van der Waals surface area contributed by atoms with E-state index >= 15 is 0 Å². The summed E-state index contributed by atoms with van der Waals surface area (Å²) in [7, 11) is 0. The molecule has 1 atom stereocenters. The molecule has 2 rings (SSSR count). The van der Waals surface area contributed by atoms with Gasteiger partial charge in [-0.3, -0.25) is 0 Å². The van der Waals surface area contributed by atoms with Gasteiger partial charge in [0.15, 0.2) is 0 Å². The topological polar surface area (TPSA) is 37.8 Å². The number of hydrogen-bond acceptors (Lipinski definition) is 5. The van der Waals surface area contributed by atoms with Crippen LogP contribution in [0.15, 0.2) is 11.4 Å². The summed E-state index contributed by atoms with van der Waals surface area (Å²) in [6, 6.07) is 2.44. The molecule has 98 valence electrons. The van der Waals surface area contributed by atoms with Gasteiger partial charge in [-0.15, -0.1) is 16.4 Å². The van der Waals surface area contributed by atoms with Crippen molar-refractivity contribution in [2.24, 2.45) is 0 Å². The molecule has 18 heavy (non-hydrogen) atoms. The van der Waals surface area contributed by atoms with E-state index in [0.717, 1.165) is 25.1 Å². The molecule has 0 amide bonds. The van der Waals surface area contributed by atoms with Crippen molar-refractivity contribution in [2.45, 2.75) is 39.7 Å². The molecule has 2 aromatic heterocycles. The van der Waals surface area contributed by atoms with E-state index in [0.29, 0.717) is 0 Å². The fourth-order valence-electron chi connectivity index (χ4n) is 2.03. The summed E-state index contributed by atoms with van der Waals surface area (Å²) >= 11 is 3.34. The van der Waals surface area contributed by atoms with Gasteiger partial charge in [0.25, 0.3) is 0 Å². The standard InChI is InChI=1S/C13H19N3S2/c1-4-6-10-13(18-16-15-10)11(14-5-2)12-9(3)7-8-17-12/h7-8,11,14H,4-6H2,1-3H3. The number of rotatable bonds is 6. The highest BCUT2D eigenvalue weighted by Crippen LogP contribution is 2.32. The van der Waals surface area contributed by atoms with Gasteiger partial charge in [-0.1, -0.05) is 24.8 Å². The van der Waals surface area contributed by atoms with Crippen LogP contribution in [-0.4, -0.2) is 16.1 Å².